The molecule has 0 saturated carbocycles. The molecule has 1 aliphatic rings. The molecular weight excluding hydrogens is 232 g/mol. The van der Waals surface area contributed by atoms with E-state index < -0.39 is 0 Å². The lowest BCUT2D eigenvalue weighted by Crippen LogP contribution is -2.36. The monoisotopic (exact) mass is 250 g/mol. The maximum atomic E-state index is 11.0. The van der Waals surface area contributed by atoms with Gasteiger partial charge in [-0.05, 0) is 18.2 Å². The topological polar surface area (TPSA) is 46.3 Å². The summed E-state index contributed by atoms with van der Waals surface area (Å²) < 4.78 is 0. The van der Waals surface area contributed by atoms with Crippen molar-refractivity contribution in [3.8, 4) is 0 Å². The van der Waals surface area contributed by atoms with Crippen molar-refractivity contribution < 1.29 is 4.79 Å². The quantitative estimate of drug-likeness (QED) is 0.865. The second kappa shape index (κ2) is 5.56. The van der Waals surface area contributed by atoms with Gasteiger partial charge in [0.05, 0.1) is 6.54 Å². The number of fused-ring (bicyclic) bond motifs is 1. The first-order valence-corrected chi connectivity index (χ1v) is 6.91. The van der Waals surface area contributed by atoms with E-state index in [9.17, 15) is 4.79 Å². The third-order valence-corrected chi connectivity index (χ3v) is 4.36. The Bertz CT molecular complexity index is 408. The molecule has 1 atom stereocenters. The smallest absolute Gasteiger partial charge is 0.231 e. The highest BCUT2D eigenvalue weighted by Crippen LogP contribution is 2.39. The lowest BCUT2D eigenvalue weighted by Gasteiger charge is -2.22. The molecule has 3 nitrogen and oxygen atoms in total. The Hall–Kier alpha value is -1.00. The Balaban J connectivity index is 2.03. The minimum absolute atomic E-state index is 0.245. The molecule has 0 fully saturated rings. The van der Waals surface area contributed by atoms with Crippen LogP contribution in [0.1, 0.15) is 18.4 Å². The summed E-state index contributed by atoms with van der Waals surface area (Å²) in [5.41, 5.74) is 6.67. The average Bonchev–Trinajstić information content (AvgIpc) is 2.71. The number of carbonyl (C=O) groups is 1. The van der Waals surface area contributed by atoms with Gasteiger partial charge in [0.2, 0.25) is 5.91 Å². The predicted molar refractivity (Wildman–Crippen MR) is 71.2 cm³/mol. The molecule has 1 aromatic carbocycles. The van der Waals surface area contributed by atoms with E-state index in [1.807, 2.05) is 11.8 Å². The van der Waals surface area contributed by atoms with E-state index in [0.29, 0.717) is 12.5 Å². The van der Waals surface area contributed by atoms with Crippen molar-refractivity contribution in [3.63, 3.8) is 0 Å². The lowest BCUT2D eigenvalue weighted by molar-refractivity contribution is -0.119. The molecule has 1 aliphatic heterocycles. The van der Waals surface area contributed by atoms with Crippen LogP contribution in [0.25, 0.3) is 0 Å². The number of primary amides is 1. The fourth-order valence-corrected chi connectivity index (χ4v) is 3.46. The molecule has 4 heteroatoms. The van der Waals surface area contributed by atoms with Gasteiger partial charge in [0, 0.05) is 23.1 Å². The van der Waals surface area contributed by atoms with Crippen molar-refractivity contribution >= 4 is 17.7 Å². The standard InChI is InChI=1S/C13H18N2OS/c1-2-15(8-13(14)16)7-10-9-17-12-6-4-3-5-11(10)12/h3-6,10H,2,7-9H2,1H3,(H2,14,16). The Kier molecular flexibility index (Phi) is 4.07. The van der Waals surface area contributed by atoms with Gasteiger partial charge in [0.15, 0.2) is 0 Å². The largest absolute Gasteiger partial charge is 0.369 e. The summed E-state index contributed by atoms with van der Waals surface area (Å²) in [5.74, 6) is 1.38. The summed E-state index contributed by atoms with van der Waals surface area (Å²) in [4.78, 5) is 14.5. The van der Waals surface area contributed by atoms with E-state index in [4.69, 9.17) is 5.73 Å². The molecule has 0 radical (unpaired) electrons. The van der Waals surface area contributed by atoms with Crippen molar-refractivity contribution in [1.82, 2.24) is 4.90 Å². The zero-order valence-electron chi connectivity index (χ0n) is 10.1. The van der Waals surface area contributed by atoms with Crippen LogP contribution in [0.4, 0.5) is 0 Å². The molecule has 17 heavy (non-hydrogen) atoms. The van der Waals surface area contributed by atoms with Crippen LogP contribution < -0.4 is 5.73 Å². The van der Waals surface area contributed by atoms with E-state index in [-0.39, 0.29) is 5.91 Å². The van der Waals surface area contributed by atoms with Crippen molar-refractivity contribution in [2.75, 3.05) is 25.4 Å². The fraction of sp³-hybridized carbons (Fsp3) is 0.462. The minimum atomic E-state index is -0.245. The SMILES string of the molecule is CCN(CC(N)=O)CC1CSc2ccccc21. The summed E-state index contributed by atoms with van der Waals surface area (Å²) in [6, 6.07) is 8.53. The van der Waals surface area contributed by atoms with Crippen LogP contribution in [0, 0.1) is 0 Å². The number of carbonyl (C=O) groups excluding carboxylic acids is 1. The zero-order valence-corrected chi connectivity index (χ0v) is 10.9. The highest BCUT2D eigenvalue weighted by Gasteiger charge is 2.24. The Morgan fingerprint density at radius 1 is 1.53 bits per heavy atom. The Labute approximate surface area is 106 Å². The highest BCUT2D eigenvalue weighted by atomic mass is 32.2. The van der Waals surface area contributed by atoms with Crippen LogP contribution in [0.2, 0.25) is 0 Å². The van der Waals surface area contributed by atoms with Gasteiger partial charge in [-0.25, -0.2) is 0 Å². The van der Waals surface area contributed by atoms with Gasteiger partial charge < -0.3 is 5.73 Å². The number of thioether (sulfide) groups is 1. The molecule has 0 bridgehead atoms. The van der Waals surface area contributed by atoms with Crippen LogP contribution in [0.5, 0.6) is 0 Å². The third kappa shape index (κ3) is 3.01. The molecule has 1 unspecified atom stereocenters. The summed E-state index contributed by atoms with van der Waals surface area (Å²) in [6.07, 6.45) is 0. The van der Waals surface area contributed by atoms with Gasteiger partial charge in [-0.1, -0.05) is 25.1 Å². The predicted octanol–water partition coefficient (Wildman–Crippen LogP) is 1.68. The van der Waals surface area contributed by atoms with Gasteiger partial charge in [0.1, 0.15) is 0 Å². The molecule has 0 spiro atoms. The number of nitrogens with zero attached hydrogens (tertiary/aromatic N) is 1. The second-order valence-electron chi connectivity index (χ2n) is 4.34. The maximum absolute atomic E-state index is 11.0. The number of rotatable bonds is 5. The molecule has 0 aliphatic carbocycles. The normalized spacial score (nSPS) is 18.4. The summed E-state index contributed by atoms with van der Waals surface area (Å²) in [6.45, 7) is 4.21. The molecule has 1 aromatic rings. The number of amides is 1. The minimum Gasteiger partial charge on any atom is -0.369 e. The first kappa shape index (κ1) is 12.5. The van der Waals surface area contributed by atoms with Gasteiger partial charge >= 0.3 is 0 Å². The molecule has 2 rings (SSSR count). The van der Waals surface area contributed by atoms with E-state index >= 15 is 0 Å². The molecule has 92 valence electrons. The molecule has 1 amide bonds. The number of nitrogens with two attached hydrogens (primary N) is 1. The van der Waals surface area contributed by atoms with Crippen molar-refractivity contribution in [2.45, 2.75) is 17.7 Å². The first-order valence-electron chi connectivity index (χ1n) is 5.93. The van der Waals surface area contributed by atoms with Crippen LogP contribution in [0.3, 0.4) is 0 Å². The van der Waals surface area contributed by atoms with Crippen molar-refractivity contribution in [1.29, 1.82) is 0 Å². The first-order chi connectivity index (χ1) is 8.20. The van der Waals surface area contributed by atoms with Crippen molar-refractivity contribution in [3.05, 3.63) is 29.8 Å². The summed E-state index contributed by atoms with van der Waals surface area (Å²) >= 11 is 1.90. The Morgan fingerprint density at radius 2 is 2.29 bits per heavy atom. The van der Waals surface area contributed by atoms with Gasteiger partial charge in [-0.15, -0.1) is 11.8 Å². The molecule has 0 saturated heterocycles. The molecule has 0 aromatic heterocycles. The van der Waals surface area contributed by atoms with Crippen LogP contribution in [-0.4, -0.2) is 36.2 Å². The highest BCUT2D eigenvalue weighted by molar-refractivity contribution is 7.99. The second-order valence-corrected chi connectivity index (χ2v) is 5.40. The van der Waals surface area contributed by atoms with E-state index in [0.717, 1.165) is 18.8 Å². The fourth-order valence-electron chi connectivity index (χ4n) is 2.22. The van der Waals surface area contributed by atoms with Crippen LogP contribution >= 0.6 is 11.8 Å². The van der Waals surface area contributed by atoms with E-state index in [1.165, 1.54) is 10.5 Å². The number of hydrogen-bond donors (Lipinski definition) is 1. The zero-order chi connectivity index (χ0) is 12.3. The maximum Gasteiger partial charge on any atom is 0.231 e. The van der Waals surface area contributed by atoms with Crippen LogP contribution in [0.15, 0.2) is 29.2 Å². The summed E-state index contributed by atoms with van der Waals surface area (Å²) in [5, 5.41) is 0. The van der Waals surface area contributed by atoms with E-state index in [1.54, 1.807) is 0 Å². The number of hydrogen-bond acceptors (Lipinski definition) is 3. The van der Waals surface area contributed by atoms with Gasteiger partial charge in [-0.3, -0.25) is 9.69 Å². The molecular formula is C13H18N2OS. The third-order valence-electron chi connectivity index (χ3n) is 3.10. The number of benzene rings is 1. The van der Waals surface area contributed by atoms with Crippen molar-refractivity contribution in [2.24, 2.45) is 5.73 Å². The average molecular weight is 250 g/mol. The van der Waals surface area contributed by atoms with Gasteiger partial charge in [0.25, 0.3) is 0 Å². The molecule has 1 heterocycles. The Morgan fingerprint density at radius 3 is 3.00 bits per heavy atom. The lowest BCUT2D eigenvalue weighted by atomic mass is 10.0. The number of likely N-dealkylation sites (N-methyl/N-ethyl adjacent to an activating group) is 1. The van der Waals surface area contributed by atoms with Crippen LogP contribution in [-0.2, 0) is 4.79 Å². The summed E-state index contributed by atoms with van der Waals surface area (Å²) in [7, 11) is 0. The van der Waals surface area contributed by atoms with Gasteiger partial charge in [-0.2, -0.15) is 0 Å². The molecule has 2 N–H and O–H groups in total. The van der Waals surface area contributed by atoms with E-state index in [2.05, 4.69) is 36.1 Å².